The van der Waals surface area contributed by atoms with Gasteiger partial charge in [0.05, 0.1) is 5.69 Å². The normalized spacial score (nSPS) is 15.5. The van der Waals surface area contributed by atoms with E-state index in [9.17, 15) is 4.39 Å². The Morgan fingerprint density at radius 3 is 2.72 bits per heavy atom. The summed E-state index contributed by atoms with van der Waals surface area (Å²) >= 11 is 0. The first kappa shape index (κ1) is 18.0. The van der Waals surface area contributed by atoms with Gasteiger partial charge in [-0.05, 0) is 55.4 Å². The van der Waals surface area contributed by atoms with Crippen LogP contribution in [0.4, 0.5) is 4.39 Å². The predicted molar refractivity (Wildman–Crippen MR) is 98.3 cm³/mol. The van der Waals surface area contributed by atoms with Gasteiger partial charge in [-0.3, -0.25) is 0 Å². The zero-order valence-corrected chi connectivity index (χ0v) is 15.4. The van der Waals surface area contributed by atoms with Crippen molar-refractivity contribution >= 4 is 0 Å². The number of hydrogen-bond donors (Lipinski definition) is 0. The van der Waals surface area contributed by atoms with E-state index in [1.54, 1.807) is 12.1 Å². The van der Waals surface area contributed by atoms with Crippen molar-refractivity contribution < 1.29 is 9.13 Å². The van der Waals surface area contributed by atoms with Crippen LogP contribution in [-0.4, -0.2) is 9.78 Å². The average molecular weight is 344 g/mol. The van der Waals surface area contributed by atoms with Crippen molar-refractivity contribution in [2.24, 2.45) is 5.92 Å². The Kier molecular flexibility index (Phi) is 6.11. The van der Waals surface area contributed by atoms with Crippen LogP contribution in [0.1, 0.15) is 62.3 Å². The van der Waals surface area contributed by atoms with E-state index < -0.39 is 0 Å². The minimum atomic E-state index is -0.200. The SMILES string of the molecule is CCCc1cc(OCc2ccc(F)cc2C)n(CC2CCCCC2)n1. The standard InChI is InChI=1S/C21H29FN2O/c1-3-7-20-13-21(24(23-20)14-17-8-5-4-6-9-17)25-15-18-10-11-19(22)12-16(18)2/h10-13,17H,3-9,14-15H2,1-2H3. The lowest BCUT2D eigenvalue weighted by molar-refractivity contribution is 0.244. The number of halogens is 1. The zero-order valence-electron chi connectivity index (χ0n) is 15.4. The molecule has 2 aromatic rings. The van der Waals surface area contributed by atoms with Gasteiger partial charge in [0, 0.05) is 12.6 Å². The second kappa shape index (κ2) is 8.50. The van der Waals surface area contributed by atoms with Gasteiger partial charge in [-0.25, -0.2) is 9.07 Å². The Bertz CT molecular complexity index is 689. The lowest BCUT2D eigenvalue weighted by Gasteiger charge is -2.22. The molecule has 1 saturated carbocycles. The van der Waals surface area contributed by atoms with Gasteiger partial charge in [-0.1, -0.05) is 38.7 Å². The molecule has 136 valence electrons. The molecule has 1 aromatic carbocycles. The minimum absolute atomic E-state index is 0.200. The van der Waals surface area contributed by atoms with E-state index in [1.165, 1.54) is 38.2 Å². The van der Waals surface area contributed by atoms with Crippen LogP contribution >= 0.6 is 0 Å². The number of aryl methyl sites for hydroxylation is 2. The fraction of sp³-hybridized carbons (Fsp3) is 0.571. The van der Waals surface area contributed by atoms with Gasteiger partial charge >= 0.3 is 0 Å². The maximum atomic E-state index is 13.3. The van der Waals surface area contributed by atoms with Crippen molar-refractivity contribution in [2.75, 3.05) is 0 Å². The number of benzene rings is 1. The van der Waals surface area contributed by atoms with Crippen LogP contribution < -0.4 is 4.74 Å². The summed E-state index contributed by atoms with van der Waals surface area (Å²) in [5, 5.41) is 4.77. The maximum absolute atomic E-state index is 13.3. The van der Waals surface area contributed by atoms with Crippen LogP contribution in [0.15, 0.2) is 24.3 Å². The van der Waals surface area contributed by atoms with E-state index >= 15 is 0 Å². The number of rotatable bonds is 7. The largest absolute Gasteiger partial charge is 0.473 e. The van der Waals surface area contributed by atoms with Crippen LogP contribution in [0.2, 0.25) is 0 Å². The Labute approximate surface area is 150 Å². The molecule has 3 nitrogen and oxygen atoms in total. The van der Waals surface area contributed by atoms with Crippen LogP contribution in [0.25, 0.3) is 0 Å². The molecule has 0 saturated heterocycles. The van der Waals surface area contributed by atoms with Crippen LogP contribution in [0.5, 0.6) is 5.88 Å². The van der Waals surface area contributed by atoms with Crippen LogP contribution in [0.3, 0.4) is 0 Å². The minimum Gasteiger partial charge on any atom is -0.473 e. The summed E-state index contributed by atoms with van der Waals surface area (Å²) in [7, 11) is 0. The Morgan fingerprint density at radius 2 is 2.00 bits per heavy atom. The molecule has 1 aliphatic rings. The highest BCUT2D eigenvalue weighted by atomic mass is 19.1. The average Bonchev–Trinajstić information content (AvgIpc) is 2.97. The highest BCUT2D eigenvalue weighted by Crippen LogP contribution is 2.27. The Hall–Kier alpha value is -1.84. The van der Waals surface area contributed by atoms with E-state index in [-0.39, 0.29) is 5.82 Å². The van der Waals surface area contributed by atoms with Gasteiger partial charge in [-0.2, -0.15) is 5.10 Å². The lowest BCUT2D eigenvalue weighted by atomic mass is 9.89. The molecular formula is C21H29FN2O. The smallest absolute Gasteiger partial charge is 0.212 e. The monoisotopic (exact) mass is 344 g/mol. The first-order chi connectivity index (χ1) is 12.2. The number of nitrogens with zero attached hydrogens (tertiary/aromatic N) is 2. The third-order valence-corrected chi connectivity index (χ3v) is 5.14. The zero-order chi connectivity index (χ0) is 17.6. The third kappa shape index (κ3) is 4.83. The lowest BCUT2D eigenvalue weighted by Crippen LogP contribution is -2.16. The summed E-state index contributed by atoms with van der Waals surface area (Å²) in [4.78, 5) is 0. The summed E-state index contributed by atoms with van der Waals surface area (Å²) in [6.07, 6.45) is 8.67. The van der Waals surface area contributed by atoms with E-state index in [1.807, 2.05) is 6.92 Å². The van der Waals surface area contributed by atoms with Crippen molar-refractivity contribution in [3.8, 4) is 5.88 Å². The summed E-state index contributed by atoms with van der Waals surface area (Å²) in [5.41, 5.74) is 3.04. The Balaban J connectivity index is 1.71. The molecule has 25 heavy (non-hydrogen) atoms. The molecule has 1 heterocycles. The molecule has 0 N–H and O–H groups in total. The fourth-order valence-electron chi connectivity index (χ4n) is 3.66. The van der Waals surface area contributed by atoms with Gasteiger partial charge in [0.2, 0.25) is 5.88 Å². The van der Waals surface area contributed by atoms with Crippen molar-refractivity contribution in [1.82, 2.24) is 9.78 Å². The second-order valence-corrected chi connectivity index (χ2v) is 7.27. The van der Waals surface area contributed by atoms with Gasteiger partial charge in [0.15, 0.2) is 0 Å². The molecular weight excluding hydrogens is 315 g/mol. The molecule has 1 aromatic heterocycles. The quantitative estimate of drug-likeness (QED) is 0.668. The van der Waals surface area contributed by atoms with E-state index in [0.29, 0.717) is 12.5 Å². The summed E-state index contributed by atoms with van der Waals surface area (Å²) in [5.74, 6) is 1.35. The van der Waals surface area contributed by atoms with Crippen molar-refractivity contribution in [1.29, 1.82) is 0 Å². The first-order valence-corrected chi connectivity index (χ1v) is 9.60. The van der Waals surface area contributed by atoms with Crippen molar-refractivity contribution in [2.45, 2.75) is 71.9 Å². The summed E-state index contributed by atoms with van der Waals surface area (Å²) in [6.45, 7) is 5.49. The van der Waals surface area contributed by atoms with Gasteiger partial charge < -0.3 is 4.74 Å². The predicted octanol–water partition coefficient (Wildman–Crippen LogP) is 5.44. The molecule has 0 radical (unpaired) electrons. The molecule has 1 aliphatic carbocycles. The van der Waals surface area contributed by atoms with E-state index in [4.69, 9.17) is 9.84 Å². The molecule has 0 aliphatic heterocycles. The molecule has 0 amide bonds. The highest BCUT2D eigenvalue weighted by Gasteiger charge is 2.17. The highest BCUT2D eigenvalue weighted by molar-refractivity contribution is 5.26. The molecule has 1 fully saturated rings. The summed E-state index contributed by atoms with van der Waals surface area (Å²) in [6, 6.07) is 6.93. The van der Waals surface area contributed by atoms with Crippen molar-refractivity contribution in [3.05, 3.63) is 46.9 Å². The van der Waals surface area contributed by atoms with Crippen LogP contribution in [-0.2, 0) is 19.6 Å². The number of ether oxygens (including phenoxy) is 1. The van der Waals surface area contributed by atoms with E-state index in [0.717, 1.165) is 42.1 Å². The molecule has 0 spiro atoms. The first-order valence-electron chi connectivity index (χ1n) is 9.60. The topological polar surface area (TPSA) is 27.1 Å². The maximum Gasteiger partial charge on any atom is 0.212 e. The summed E-state index contributed by atoms with van der Waals surface area (Å²) < 4.78 is 21.4. The van der Waals surface area contributed by atoms with Gasteiger partial charge in [-0.15, -0.1) is 0 Å². The number of hydrogen-bond acceptors (Lipinski definition) is 2. The van der Waals surface area contributed by atoms with Gasteiger partial charge in [0.1, 0.15) is 12.4 Å². The Morgan fingerprint density at radius 1 is 1.20 bits per heavy atom. The molecule has 3 rings (SSSR count). The van der Waals surface area contributed by atoms with Crippen LogP contribution in [0, 0.1) is 18.7 Å². The molecule has 4 heteroatoms. The molecule has 0 atom stereocenters. The van der Waals surface area contributed by atoms with E-state index in [2.05, 4.69) is 17.7 Å². The molecule has 0 unspecified atom stereocenters. The third-order valence-electron chi connectivity index (χ3n) is 5.14. The second-order valence-electron chi connectivity index (χ2n) is 7.27. The van der Waals surface area contributed by atoms with Crippen molar-refractivity contribution in [3.63, 3.8) is 0 Å². The van der Waals surface area contributed by atoms with Gasteiger partial charge in [0.25, 0.3) is 0 Å². The molecule has 0 bridgehead atoms. The fourth-order valence-corrected chi connectivity index (χ4v) is 3.66. The number of aromatic nitrogens is 2.